The molecule has 24 heavy (non-hydrogen) atoms. The van der Waals surface area contributed by atoms with E-state index in [1.54, 1.807) is 17.8 Å². The molecule has 0 bridgehead atoms. The summed E-state index contributed by atoms with van der Waals surface area (Å²) >= 11 is 7.48. The molecule has 0 aliphatic rings. The highest BCUT2D eigenvalue weighted by Crippen LogP contribution is 2.28. The number of halogens is 1. The third-order valence-electron chi connectivity index (χ3n) is 3.72. The highest BCUT2D eigenvalue weighted by Gasteiger charge is 2.14. The Labute approximate surface area is 150 Å². The quantitative estimate of drug-likeness (QED) is 0.677. The van der Waals surface area contributed by atoms with E-state index in [2.05, 4.69) is 15.3 Å². The van der Waals surface area contributed by atoms with E-state index in [4.69, 9.17) is 11.6 Å². The zero-order chi connectivity index (χ0) is 17.1. The number of imidazole rings is 1. The molecule has 124 valence electrons. The van der Waals surface area contributed by atoms with Gasteiger partial charge in [-0.25, -0.2) is 4.98 Å². The number of H-pyrrole nitrogens is 1. The molecule has 2 aromatic carbocycles. The SMILES string of the molecule is Cc1cc(Cl)ccc1NC(=O)CS[C@@H](C)c1nc2ccccc2[nH]1. The van der Waals surface area contributed by atoms with Gasteiger partial charge in [0.1, 0.15) is 5.82 Å². The Hall–Kier alpha value is -1.98. The molecule has 1 amide bonds. The average molecular weight is 360 g/mol. The van der Waals surface area contributed by atoms with Crippen LogP contribution in [0.3, 0.4) is 0 Å². The first-order valence-corrected chi connectivity index (χ1v) is 9.08. The number of rotatable bonds is 5. The van der Waals surface area contributed by atoms with Crippen molar-refractivity contribution < 1.29 is 4.79 Å². The number of thioether (sulfide) groups is 1. The van der Waals surface area contributed by atoms with Crippen LogP contribution in [0.1, 0.15) is 23.6 Å². The van der Waals surface area contributed by atoms with E-state index in [0.29, 0.717) is 10.8 Å². The first-order valence-electron chi connectivity index (χ1n) is 7.65. The van der Waals surface area contributed by atoms with E-state index in [9.17, 15) is 4.79 Å². The standard InChI is InChI=1S/C18H18ClN3OS/c1-11-9-13(19)7-8-14(11)20-17(23)10-24-12(2)18-21-15-5-3-4-6-16(15)22-18/h3-9,12H,10H2,1-2H3,(H,20,23)(H,21,22)/t12-/m0/s1. The largest absolute Gasteiger partial charge is 0.341 e. The number of nitrogens with one attached hydrogen (secondary N) is 2. The lowest BCUT2D eigenvalue weighted by Gasteiger charge is -2.11. The van der Waals surface area contributed by atoms with Crippen molar-refractivity contribution in [2.75, 3.05) is 11.1 Å². The summed E-state index contributed by atoms with van der Waals surface area (Å²) in [6.45, 7) is 3.97. The first-order chi connectivity index (χ1) is 11.5. The van der Waals surface area contributed by atoms with Crippen molar-refractivity contribution in [2.24, 2.45) is 0 Å². The van der Waals surface area contributed by atoms with E-state index in [0.717, 1.165) is 28.1 Å². The Balaban J connectivity index is 1.59. The average Bonchev–Trinajstić information content (AvgIpc) is 2.99. The number of nitrogens with zero attached hydrogens (tertiary/aromatic N) is 1. The summed E-state index contributed by atoms with van der Waals surface area (Å²) in [6.07, 6.45) is 0. The number of aromatic amines is 1. The van der Waals surface area contributed by atoms with Crippen molar-refractivity contribution in [1.29, 1.82) is 0 Å². The van der Waals surface area contributed by atoms with Gasteiger partial charge >= 0.3 is 0 Å². The number of carbonyl (C=O) groups is 1. The number of benzene rings is 2. The van der Waals surface area contributed by atoms with Crippen LogP contribution < -0.4 is 5.32 Å². The number of anilines is 1. The number of fused-ring (bicyclic) bond motifs is 1. The third-order valence-corrected chi connectivity index (χ3v) is 5.11. The maximum atomic E-state index is 12.2. The molecule has 4 nitrogen and oxygen atoms in total. The molecule has 0 aliphatic heterocycles. The maximum Gasteiger partial charge on any atom is 0.234 e. The molecule has 3 rings (SSSR count). The highest BCUT2D eigenvalue weighted by molar-refractivity contribution is 8.00. The number of hydrogen-bond donors (Lipinski definition) is 2. The Morgan fingerprint density at radius 3 is 2.88 bits per heavy atom. The summed E-state index contributed by atoms with van der Waals surface area (Å²) in [5.74, 6) is 1.21. The Kier molecular flexibility index (Phi) is 5.11. The lowest BCUT2D eigenvalue weighted by Crippen LogP contribution is -2.15. The summed E-state index contributed by atoms with van der Waals surface area (Å²) in [5, 5.41) is 3.69. The van der Waals surface area contributed by atoms with Crippen molar-refractivity contribution >= 4 is 46.0 Å². The number of amides is 1. The zero-order valence-electron chi connectivity index (χ0n) is 13.5. The minimum Gasteiger partial charge on any atom is -0.341 e. The van der Waals surface area contributed by atoms with Gasteiger partial charge in [-0.1, -0.05) is 23.7 Å². The van der Waals surface area contributed by atoms with Crippen LogP contribution in [0.25, 0.3) is 11.0 Å². The Morgan fingerprint density at radius 1 is 1.33 bits per heavy atom. The predicted octanol–water partition coefficient (Wildman–Crippen LogP) is 4.96. The third kappa shape index (κ3) is 3.91. The van der Waals surface area contributed by atoms with E-state index in [1.165, 1.54) is 0 Å². The van der Waals surface area contributed by atoms with Gasteiger partial charge in [0, 0.05) is 10.7 Å². The van der Waals surface area contributed by atoms with Crippen LogP contribution in [-0.2, 0) is 4.79 Å². The summed E-state index contributed by atoms with van der Waals surface area (Å²) in [6, 6.07) is 13.3. The minimum atomic E-state index is -0.0339. The molecule has 2 N–H and O–H groups in total. The number of hydrogen-bond acceptors (Lipinski definition) is 3. The van der Waals surface area contributed by atoms with Gasteiger partial charge in [-0.3, -0.25) is 4.79 Å². The second-order valence-electron chi connectivity index (χ2n) is 5.60. The summed E-state index contributed by atoms with van der Waals surface area (Å²) in [5.41, 5.74) is 3.70. The Bertz CT molecular complexity index is 845. The second kappa shape index (κ2) is 7.28. The van der Waals surface area contributed by atoms with Crippen molar-refractivity contribution in [2.45, 2.75) is 19.1 Å². The fourth-order valence-electron chi connectivity index (χ4n) is 2.40. The van der Waals surface area contributed by atoms with Crippen LogP contribution in [0.5, 0.6) is 0 Å². The molecule has 0 unspecified atom stereocenters. The lowest BCUT2D eigenvalue weighted by molar-refractivity contribution is -0.113. The van der Waals surface area contributed by atoms with E-state index in [1.807, 2.05) is 50.2 Å². The molecule has 3 aromatic rings. The van der Waals surface area contributed by atoms with Gasteiger partial charge in [0.25, 0.3) is 0 Å². The maximum absolute atomic E-state index is 12.2. The fraction of sp³-hybridized carbons (Fsp3) is 0.222. The van der Waals surface area contributed by atoms with Crippen LogP contribution in [0.4, 0.5) is 5.69 Å². The van der Waals surface area contributed by atoms with E-state index >= 15 is 0 Å². The molecule has 1 aromatic heterocycles. The molecule has 0 radical (unpaired) electrons. The molecule has 0 spiro atoms. The van der Waals surface area contributed by atoms with E-state index in [-0.39, 0.29) is 11.2 Å². The van der Waals surface area contributed by atoms with Gasteiger partial charge in [0.15, 0.2) is 0 Å². The van der Waals surface area contributed by atoms with Crippen LogP contribution in [0.15, 0.2) is 42.5 Å². The van der Waals surface area contributed by atoms with Crippen molar-refractivity contribution in [3.63, 3.8) is 0 Å². The van der Waals surface area contributed by atoms with Gasteiger partial charge in [-0.2, -0.15) is 0 Å². The molecule has 0 aliphatic carbocycles. The van der Waals surface area contributed by atoms with Crippen LogP contribution in [0, 0.1) is 6.92 Å². The summed E-state index contributed by atoms with van der Waals surface area (Å²) in [7, 11) is 0. The number of aryl methyl sites for hydroxylation is 1. The van der Waals surface area contributed by atoms with Crippen molar-refractivity contribution in [3.8, 4) is 0 Å². The number of para-hydroxylation sites is 2. The summed E-state index contributed by atoms with van der Waals surface area (Å²) < 4.78 is 0. The van der Waals surface area contributed by atoms with Crippen molar-refractivity contribution in [1.82, 2.24) is 9.97 Å². The second-order valence-corrected chi connectivity index (χ2v) is 7.37. The van der Waals surface area contributed by atoms with Gasteiger partial charge in [-0.15, -0.1) is 11.8 Å². The van der Waals surface area contributed by atoms with Crippen LogP contribution in [0.2, 0.25) is 5.02 Å². The molecule has 0 saturated heterocycles. The first kappa shape index (κ1) is 16.9. The lowest BCUT2D eigenvalue weighted by atomic mass is 10.2. The molecule has 6 heteroatoms. The number of aromatic nitrogens is 2. The molecular weight excluding hydrogens is 342 g/mol. The highest BCUT2D eigenvalue weighted by atomic mass is 35.5. The van der Waals surface area contributed by atoms with E-state index < -0.39 is 0 Å². The summed E-state index contributed by atoms with van der Waals surface area (Å²) in [4.78, 5) is 20.0. The zero-order valence-corrected chi connectivity index (χ0v) is 15.0. The van der Waals surface area contributed by atoms with Gasteiger partial charge in [-0.05, 0) is 49.7 Å². The van der Waals surface area contributed by atoms with Crippen molar-refractivity contribution in [3.05, 3.63) is 58.9 Å². The minimum absolute atomic E-state index is 0.0339. The normalized spacial score (nSPS) is 12.3. The van der Waals surface area contributed by atoms with Crippen LogP contribution in [-0.4, -0.2) is 21.6 Å². The molecule has 0 saturated carbocycles. The molecular formula is C18H18ClN3OS. The van der Waals surface area contributed by atoms with Crippen LogP contribution >= 0.6 is 23.4 Å². The van der Waals surface area contributed by atoms with Gasteiger partial charge in [0.2, 0.25) is 5.91 Å². The van der Waals surface area contributed by atoms with Gasteiger partial charge < -0.3 is 10.3 Å². The smallest absolute Gasteiger partial charge is 0.234 e. The topological polar surface area (TPSA) is 57.8 Å². The Morgan fingerprint density at radius 2 is 2.12 bits per heavy atom. The van der Waals surface area contributed by atoms with Gasteiger partial charge in [0.05, 0.1) is 22.0 Å². The molecule has 0 fully saturated rings. The molecule has 1 heterocycles. The number of carbonyl (C=O) groups excluding carboxylic acids is 1. The predicted molar refractivity (Wildman–Crippen MR) is 102 cm³/mol. The molecule has 1 atom stereocenters. The fourth-order valence-corrected chi connectivity index (χ4v) is 3.37. The monoisotopic (exact) mass is 359 g/mol.